The molecule has 0 atom stereocenters. The largest absolute Gasteiger partial charge is 0.341 e. The Bertz CT molecular complexity index is 856. The standard InChI is InChI=1S/C20H24N4O3/c1-20(2,3)18(26)23-14-8-5-7-13(11-14)17(25)22-15-9-6-10-16(12-15)24-19(27)21-4/h5-12H,1-4H3,(H,22,25)(H,23,26)(H2,21,24,27). The van der Waals surface area contributed by atoms with Crippen LogP contribution >= 0.6 is 0 Å². The van der Waals surface area contributed by atoms with Crippen molar-refractivity contribution in [2.24, 2.45) is 5.41 Å². The summed E-state index contributed by atoms with van der Waals surface area (Å²) in [4.78, 5) is 36.0. The van der Waals surface area contributed by atoms with E-state index in [2.05, 4.69) is 21.3 Å². The molecule has 2 aromatic rings. The van der Waals surface area contributed by atoms with Crippen molar-refractivity contribution >= 4 is 34.9 Å². The van der Waals surface area contributed by atoms with Crippen LogP contribution in [0.2, 0.25) is 0 Å². The van der Waals surface area contributed by atoms with Gasteiger partial charge < -0.3 is 21.3 Å². The summed E-state index contributed by atoms with van der Waals surface area (Å²) in [5.74, 6) is -0.452. The highest BCUT2D eigenvalue weighted by Crippen LogP contribution is 2.20. The molecule has 0 aliphatic heterocycles. The number of nitrogens with one attached hydrogen (secondary N) is 4. The Labute approximate surface area is 158 Å². The lowest BCUT2D eigenvalue weighted by molar-refractivity contribution is -0.123. The van der Waals surface area contributed by atoms with Gasteiger partial charge in [-0.2, -0.15) is 0 Å². The van der Waals surface area contributed by atoms with Gasteiger partial charge in [-0.15, -0.1) is 0 Å². The van der Waals surface area contributed by atoms with Crippen molar-refractivity contribution in [2.45, 2.75) is 20.8 Å². The molecule has 0 radical (unpaired) electrons. The molecule has 0 saturated heterocycles. The van der Waals surface area contributed by atoms with Crippen LogP contribution in [0.3, 0.4) is 0 Å². The minimum absolute atomic E-state index is 0.131. The number of rotatable bonds is 4. The molecule has 0 saturated carbocycles. The molecule has 0 heterocycles. The van der Waals surface area contributed by atoms with Crippen molar-refractivity contribution < 1.29 is 14.4 Å². The fraction of sp³-hybridized carbons (Fsp3) is 0.250. The van der Waals surface area contributed by atoms with E-state index in [1.54, 1.807) is 48.5 Å². The van der Waals surface area contributed by atoms with Crippen LogP contribution in [0, 0.1) is 5.41 Å². The molecule has 0 unspecified atom stereocenters. The number of carbonyl (C=O) groups excluding carboxylic acids is 3. The van der Waals surface area contributed by atoms with E-state index in [1.807, 2.05) is 20.8 Å². The van der Waals surface area contributed by atoms with Crippen LogP contribution in [0.1, 0.15) is 31.1 Å². The normalized spacial score (nSPS) is 10.7. The third kappa shape index (κ3) is 5.85. The van der Waals surface area contributed by atoms with Gasteiger partial charge in [-0.25, -0.2) is 4.79 Å². The monoisotopic (exact) mass is 368 g/mol. The first kappa shape index (κ1) is 20.0. The SMILES string of the molecule is CNC(=O)Nc1cccc(NC(=O)c2cccc(NC(=O)C(C)(C)C)c2)c1. The van der Waals surface area contributed by atoms with Crippen LogP contribution in [-0.2, 0) is 4.79 Å². The molecule has 0 bridgehead atoms. The minimum atomic E-state index is -0.531. The zero-order valence-electron chi connectivity index (χ0n) is 15.8. The number of hydrogen-bond donors (Lipinski definition) is 4. The number of benzene rings is 2. The van der Waals surface area contributed by atoms with Gasteiger partial charge in [-0.05, 0) is 36.4 Å². The molecule has 0 aliphatic rings. The second-order valence-electron chi connectivity index (χ2n) is 7.02. The van der Waals surface area contributed by atoms with Crippen molar-refractivity contribution in [3.8, 4) is 0 Å². The maximum absolute atomic E-state index is 12.5. The van der Waals surface area contributed by atoms with Gasteiger partial charge in [0.25, 0.3) is 5.91 Å². The fourth-order valence-corrected chi connectivity index (χ4v) is 2.13. The van der Waals surface area contributed by atoms with Crippen molar-refractivity contribution in [2.75, 3.05) is 23.0 Å². The number of anilines is 3. The van der Waals surface area contributed by atoms with E-state index in [0.29, 0.717) is 22.6 Å². The molecule has 2 aromatic carbocycles. The Hall–Kier alpha value is -3.35. The van der Waals surface area contributed by atoms with Crippen molar-refractivity contribution in [3.05, 3.63) is 54.1 Å². The second kappa shape index (κ2) is 8.35. The van der Waals surface area contributed by atoms with Gasteiger partial charge in [-0.1, -0.05) is 32.9 Å². The highest BCUT2D eigenvalue weighted by Gasteiger charge is 2.21. The van der Waals surface area contributed by atoms with E-state index >= 15 is 0 Å². The molecule has 7 nitrogen and oxygen atoms in total. The quantitative estimate of drug-likeness (QED) is 0.662. The summed E-state index contributed by atoms with van der Waals surface area (Å²) in [6, 6.07) is 13.2. The maximum Gasteiger partial charge on any atom is 0.318 e. The van der Waals surface area contributed by atoms with Gasteiger partial charge in [0, 0.05) is 35.1 Å². The summed E-state index contributed by atoms with van der Waals surface area (Å²) < 4.78 is 0. The Morgan fingerprint density at radius 2 is 1.33 bits per heavy atom. The Balaban J connectivity index is 2.10. The summed E-state index contributed by atoms with van der Waals surface area (Å²) in [7, 11) is 1.52. The number of carbonyl (C=O) groups is 3. The predicted octanol–water partition coefficient (Wildman–Crippen LogP) is 3.67. The van der Waals surface area contributed by atoms with Crippen LogP contribution in [0.25, 0.3) is 0 Å². The minimum Gasteiger partial charge on any atom is -0.341 e. The molecule has 0 fully saturated rings. The number of urea groups is 1. The average Bonchev–Trinajstić information content (AvgIpc) is 2.61. The topological polar surface area (TPSA) is 99.3 Å². The molecule has 0 spiro atoms. The van der Waals surface area contributed by atoms with E-state index < -0.39 is 5.41 Å². The van der Waals surface area contributed by atoms with Gasteiger partial charge in [0.1, 0.15) is 0 Å². The molecule has 142 valence electrons. The van der Waals surface area contributed by atoms with E-state index in [4.69, 9.17) is 0 Å². The van der Waals surface area contributed by atoms with Crippen LogP contribution in [0.4, 0.5) is 21.9 Å². The zero-order valence-corrected chi connectivity index (χ0v) is 15.8. The number of amides is 4. The predicted molar refractivity (Wildman–Crippen MR) is 107 cm³/mol. The van der Waals surface area contributed by atoms with Crippen LogP contribution in [0.15, 0.2) is 48.5 Å². The van der Waals surface area contributed by atoms with E-state index in [-0.39, 0.29) is 17.8 Å². The summed E-state index contributed by atoms with van der Waals surface area (Å²) in [6.45, 7) is 5.45. The Morgan fingerprint density at radius 3 is 1.93 bits per heavy atom. The average molecular weight is 368 g/mol. The Morgan fingerprint density at radius 1 is 0.778 bits per heavy atom. The molecule has 4 N–H and O–H groups in total. The lowest BCUT2D eigenvalue weighted by atomic mass is 9.95. The van der Waals surface area contributed by atoms with Gasteiger partial charge in [0.2, 0.25) is 5.91 Å². The molecular weight excluding hydrogens is 344 g/mol. The van der Waals surface area contributed by atoms with Gasteiger partial charge in [-0.3, -0.25) is 9.59 Å². The van der Waals surface area contributed by atoms with Crippen molar-refractivity contribution in [3.63, 3.8) is 0 Å². The third-order valence-electron chi connectivity index (χ3n) is 3.67. The molecule has 7 heteroatoms. The highest BCUT2D eigenvalue weighted by molar-refractivity contribution is 6.06. The first-order chi connectivity index (χ1) is 12.7. The lowest BCUT2D eigenvalue weighted by Crippen LogP contribution is -2.27. The molecule has 0 aromatic heterocycles. The third-order valence-corrected chi connectivity index (χ3v) is 3.67. The first-order valence-electron chi connectivity index (χ1n) is 8.51. The maximum atomic E-state index is 12.5. The van der Waals surface area contributed by atoms with E-state index in [1.165, 1.54) is 7.05 Å². The summed E-state index contributed by atoms with van der Waals surface area (Å²) in [6.07, 6.45) is 0. The molecule has 0 aliphatic carbocycles. The molecule has 27 heavy (non-hydrogen) atoms. The van der Waals surface area contributed by atoms with Crippen LogP contribution < -0.4 is 21.3 Å². The van der Waals surface area contributed by atoms with Crippen molar-refractivity contribution in [1.82, 2.24) is 5.32 Å². The highest BCUT2D eigenvalue weighted by atomic mass is 16.2. The van der Waals surface area contributed by atoms with Crippen molar-refractivity contribution in [1.29, 1.82) is 0 Å². The van der Waals surface area contributed by atoms with Crippen LogP contribution in [0.5, 0.6) is 0 Å². The molecular formula is C20H24N4O3. The second-order valence-corrected chi connectivity index (χ2v) is 7.02. The fourth-order valence-electron chi connectivity index (χ4n) is 2.13. The lowest BCUT2D eigenvalue weighted by Gasteiger charge is -2.18. The Kier molecular flexibility index (Phi) is 6.18. The molecule has 4 amide bonds. The summed E-state index contributed by atoms with van der Waals surface area (Å²) >= 11 is 0. The summed E-state index contributed by atoms with van der Waals surface area (Å²) in [5, 5.41) is 10.7. The number of hydrogen-bond acceptors (Lipinski definition) is 3. The zero-order chi connectivity index (χ0) is 20.0. The first-order valence-corrected chi connectivity index (χ1v) is 8.51. The van der Waals surface area contributed by atoms with E-state index in [0.717, 1.165) is 0 Å². The summed E-state index contributed by atoms with van der Waals surface area (Å²) in [5.41, 5.74) is 1.52. The molecule has 2 rings (SSSR count). The van der Waals surface area contributed by atoms with Crippen LogP contribution in [-0.4, -0.2) is 24.9 Å². The van der Waals surface area contributed by atoms with E-state index in [9.17, 15) is 14.4 Å². The van der Waals surface area contributed by atoms with Gasteiger partial charge in [0.05, 0.1) is 0 Å². The smallest absolute Gasteiger partial charge is 0.318 e. The van der Waals surface area contributed by atoms with Gasteiger partial charge >= 0.3 is 6.03 Å². The van der Waals surface area contributed by atoms with Gasteiger partial charge in [0.15, 0.2) is 0 Å².